The first-order chi connectivity index (χ1) is 7.95. The Bertz CT molecular complexity index is 365. The third-order valence-electron chi connectivity index (χ3n) is 2.96. The van der Waals surface area contributed by atoms with Gasteiger partial charge in [-0.15, -0.1) is 0 Å². The maximum Gasteiger partial charge on any atom is 0.416 e. The largest absolute Gasteiger partial charge is 0.416 e. The first-order valence-corrected chi connectivity index (χ1v) is 5.49. The molecule has 94 valence electrons. The predicted octanol–water partition coefficient (Wildman–Crippen LogP) is 3.30. The third kappa shape index (κ3) is 3.19. The summed E-state index contributed by atoms with van der Waals surface area (Å²) >= 11 is 0. The molecule has 0 bridgehead atoms. The summed E-state index contributed by atoms with van der Waals surface area (Å²) in [5.74, 6) is 0. The molecule has 17 heavy (non-hydrogen) atoms. The fraction of sp³-hybridized carbons (Fsp3) is 0.500. The van der Waals surface area contributed by atoms with Crippen molar-refractivity contribution in [2.24, 2.45) is 0 Å². The number of hydrogen-bond acceptors (Lipinski definition) is 1. The van der Waals surface area contributed by atoms with Crippen molar-refractivity contribution in [3.05, 3.63) is 35.4 Å². The second-order valence-corrected chi connectivity index (χ2v) is 4.34. The first-order valence-electron chi connectivity index (χ1n) is 5.49. The van der Waals surface area contributed by atoms with Gasteiger partial charge in [-0.05, 0) is 30.5 Å². The number of alkyl halides is 4. The Labute approximate surface area is 96.8 Å². The van der Waals surface area contributed by atoms with Gasteiger partial charge >= 0.3 is 6.18 Å². The van der Waals surface area contributed by atoms with Gasteiger partial charge in [0, 0.05) is 12.6 Å². The predicted molar refractivity (Wildman–Crippen MR) is 56.2 cm³/mol. The topological polar surface area (TPSA) is 12.0 Å². The zero-order valence-corrected chi connectivity index (χ0v) is 9.10. The summed E-state index contributed by atoms with van der Waals surface area (Å²) in [7, 11) is 0. The lowest BCUT2D eigenvalue weighted by atomic mass is 9.90. The van der Waals surface area contributed by atoms with Gasteiger partial charge in [-0.3, -0.25) is 0 Å². The molecule has 2 rings (SSSR count). The SMILES string of the molecule is FC1CC(NCc2ccc(C(F)(F)F)cc2)C1. The average molecular weight is 247 g/mol. The van der Waals surface area contributed by atoms with Gasteiger partial charge in [-0.25, -0.2) is 4.39 Å². The Morgan fingerprint density at radius 3 is 2.18 bits per heavy atom. The van der Waals surface area contributed by atoms with Crippen molar-refractivity contribution in [3.8, 4) is 0 Å². The van der Waals surface area contributed by atoms with Crippen LogP contribution in [0.4, 0.5) is 17.6 Å². The van der Waals surface area contributed by atoms with Crippen molar-refractivity contribution in [1.29, 1.82) is 0 Å². The summed E-state index contributed by atoms with van der Waals surface area (Å²) in [6, 6.07) is 5.18. The molecule has 0 aliphatic heterocycles. The van der Waals surface area contributed by atoms with E-state index in [2.05, 4.69) is 5.32 Å². The summed E-state index contributed by atoms with van der Waals surface area (Å²) in [5, 5.41) is 3.10. The number of hydrogen-bond donors (Lipinski definition) is 1. The van der Waals surface area contributed by atoms with Crippen LogP contribution in [0, 0.1) is 0 Å². The molecule has 1 aliphatic carbocycles. The Morgan fingerprint density at radius 2 is 1.71 bits per heavy atom. The molecule has 1 aliphatic rings. The van der Waals surface area contributed by atoms with Crippen LogP contribution in [0.3, 0.4) is 0 Å². The third-order valence-corrected chi connectivity index (χ3v) is 2.96. The van der Waals surface area contributed by atoms with Crippen molar-refractivity contribution >= 4 is 0 Å². The molecule has 1 nitrogen and oxygen atoms in total. The van der Waals surface area contributed by atoms with E-state index in [1.807, 2.05) is 0 Å². The van der Waals surface area contributed by atoms with E-state index in [0.29, 0.717) is 19.4 Å². The van der Waals surface area contributed by atoms with Crippen LogP contribution >= 0.6 is 0 Å². The van der Waals surface area contributed by atoms with Gasteiger partial charge in [-0.2, -0.15) is 13.2 Å². The Kier molecular flexibility index (Phi) is 3.38. The minimum atomic E-state index is -4.29. The van der Waals surface area contributed by atoms with Crippen molar-refractivity contribution in [2.45, 2.75) is 37.8 Å². The molecule has 1 N–H and O–H groups in total. The Morgan fingerprint density at radius 1 is 1.12 bits per heavy atom. The van der Waals surface area contributed by atoms with Crippen molar-refractivity contribution in [1.82, 2.24) is 5.32 Å². The van der Waals surface area contributed by atoms with Gasteiger partial charge in [0.25, 0.3) is 0 Å². The molecule has 0 spiro atoms. The van der Waals surface area contributed by atoms with E-state index in [4.69, 9.17) is 0 Å². The van der Waals surface area contributed by atoms with Crippen LogP contribution in [0.2, 0.25) is 0 Å². The number of nitrogens with one attached hydrogen (secondary N) is 1. The quantitative estimate of drug-likeness (QED) is 0.808. The van der Waals surface area contributed by atoms with E-state index in [1.165, 1.54) is 12.1 Å². The highest BCUT2D eigenvalue weighted by atomic mass is 19.4. The van der Waals surface area contributed by atoms with Crippen molar-refractivity contribution in [2.75, 3.05) is 0 Å². The summed E-state index contributed by atoms with van der Waals surface area (Å²) in [6.45, 7) is 0.482. The van der Waals surface area contributed by atoms with Crippen LogP contribution in [0.15, 0.2) is 24.3 Å². The van der Waals surface area contributed by atoms with E-state index in [0.717, 1.165) is 17.7 Å². The normalized spacial score (nSPS) is 24.5. The maximum atomic E-state index is 12.5. The molecule has 0 unspecified atom stereocenters. The van der Waals surface area contributed by atoms with Crippen LogP contribution < -0.4 is 5.32 Å². The van der Waals surface area contributed by atoms with E-state index < -0.39 is 17.9 Å². The molecule has 0 radical (unpaired) electrons. The van der Waals surface area contributed by atoms with Crippen LogP contribution in [0.5, 0.6) is 0 Å². The van der Waals surface area contributed by atoms with Crippen LogP contribution in [0.1, 0.15) is 24.0 Å². The highest BCUT2D eigenvalue weighted by molar-refractivity contribution is 5.24. The van der Waals surface area contributed by atoms with Gasteiger partial charge in [0.15, 0.2) is 0 Å². The molecule has 0 saturated heterocycles. The molecule has 0 heterocycles. The second kappa shape index (κ2) is 4.64. The van der Waals surface area contributed by atoms with Crippen LogP contribution in [-0.4, -0.2) is 12.2 Å². The minimum absolute atomic E-state index is 0.160. The van der Waals surface area contributed by atoms with E-state index >= 15 is 0 Å². The zero-order valence-electron chi connectivity index (χ0n) is 9.10. The molecule has 0 atom stereocenters. The van der Waals surface area contributed by atoms with E-state index in [-0.39, 0.29) is 6.04 Å². The fourth-order valence-electron chi connectivity index (χ4n) is 1.79. The molecule has 5 heteroatoms. The standard InChI is InChI=1S/C12H13F4N/c13-10-5-11(6-10)17-7-8-1-3-9(4-2-8)12(14,15)16/h1-4,10-11,17H,5-7H2. The lowest BCUT2D eigenvalue weighted by molar-refractivity contribution is -0.137. The highest BCUT2D eigenvalue weighted by Crippen LogP contribution is 2.29. The van der Waals surface area contributed by atoms with Gasteiger partial charge in [-0.1, -0.05) is 12.1 Å². The molecule has 1 saturated carbocycles. The Hall–Kier alpha value is -1.10. The molecule has 1 aromatic carbocycles. The van der Waals surface area contributed by atoms with Gasteiger partial charge in [0.05, 0.1) is 5.56 Å². The molecular formula is C12H13F4N. The zero-order chi connectivity index (χ0) is 12.5. The first kappa shape index (κ1) is 12.4. The highest BCUT2D eigenvalue weighted by Gasteiger charge is 2.30. The van der Waals surface area contributed by atoms with E-state index in [9.17, 15) is 17.6 Å². The molecule has 1 aromatic rings. The fourth-order valence-corrected chi connectivity index (χ4v) is 1.79. The Balaban J connectivity index is 1.86. The van der Waals surface area contributed by atoms with Gasteiger partial charge < -0.3 is 5.32 Å². The van der Waals surface area contributed by atoms with Gasteiger partial charge in [0.1, 0.15) is 6.17 Å². The molecular weight excluding hydrogens is 234 g/mol. The van der Waals surface area contributed by atoms with Crippen molar-refractivity contribution in [3.63, 3.8) is 0 Å². The second-order valence-electron chi connectivity index (χ2n) is 4.34. The molecule has 0 aromatic heterocycles. The number of benzene rings is 1. The summed E-state index contributed by atoms with van der Waals surface area (Å²) in [5.41, 5.74) is 0.133. The van der Waals surface area contributed by atoms with E-state index in [1.54, 1.807) is 0 Å². The average Bonchev–Trinajstić information content (AvgIpc) is 2.22. The minimum Gasteiger partial charge on any atom is -0.310 e. The lowest BCUT2D eigenvalue weighted by Gasteiger charge is -2.30. The van der Waals surface area contributed by atoms with Gasteiger partial charge in [0.2, 0.25) is 0 Å². The lowest BCUT2D eigenvalue weighted by Crippen LogP contribution is -2.41. The summed E-state index contributed by atoms with van der Waals surface area (Å²) in [4.78, 5) is 0. The van der Waals surface area contributed by atoms with Crippen LogP contribution in [0.25, 0.3) is 0 Å². The monoisotopic (exact) mass is 247 g/mol. The summed E-state index contributed by atoms with van der Waals surface area (Å²) < 4.78 is 49.4. The summed E-state index contributed by atoms with van der Waals surface area (Å²) in [6.07, 6.45) is -4.01. The molecule has 1 fully saturated rings. The van der Waals surface area contributed by atoms with Crippen molar-refractivity contribution < 1.29 is 17.6 Å². The number of rotatable bonds is 3. The smallest absolute Gasteiger partial charge is 0.310 e. The maximum absolute atomic E-state index is 12.5. The molecule has 0 amide bonds. The van der Waals surface area contributed by atoms with Crippen LogP contribution in [-0.2, 0) is 12.7 Å². The number of halogens is 4.